The quantitative estimate of drug-likeness (QED) is 0.648. The van der Waals surface area contributed by atoms with Crippen molar-refractivity contribution in [1.82, 2.24) is 0 Å². The minimum atomic E-state index is -0.938. The summed E-state index contributed by atoms with van der Waals surface area (Å²) in [4.78, 5) is 12.0. The minimum absolute atomic E-state index is 0.0651. The Hall–Kier alpha value is -0.930. The number of ether oxygens (including phenoxy) is 1. The summed E-state index contributed by atoms with van der Waals surface area (Å²) >= 11 is 0. The number of allylic oxidation sites excluding steroid dienone is 4. The number of carbonyl (C=O) groups excluding carboxylic acids is 1. The van der Waals surface area contributed by atoms with Gasteiger partial charge >= 0.3 is 0 Å². The molecule has 3 nitrogen and oxygen atoms in total. The van der Waals surface area contributed by atoms with E-state index in [1.165, 1.54) is 37.7 Å². The lowest BCUT2D eigenvalue weighted by atomic mass is 9.46. The molecule has 0 aromatic heterocycles. The monoisotopic (exact) mass is 412 g/mol. The predicted octanol–water partition coefficient (Wildman–Crippen LogP) is 5.68. The van der Waals surface area contributed by atoms with Crippen molar-refractivity contribution >= 4 is 5.78 Å². The van der Waals surface area contributed by atoms with E-state index in [9.17, 15) is 9.90 Å². The standard InChI is InChI=1S/C27H40O3/c1-17(2)9-14-27(29)18(3)22-7-8-24-21-6-5-19-15-20(28)10-12-25(19,4)23(21)11-13-26(22,24)16-30-27/h10,12,15,17-18,21-24,29H,5-9,11,13-14,16H2,1-4H3/t18-,21+,22+,23-,24-,25-,26-,27+/m0/s1. The number of hydrogen-bond donors (Lipinski definition) is 1. The van der Waals surface area contributed by atoms with Crippen LogP contribution in [0.2, 0.25) is 0 Å². The Morgan fingerprint density at radius 1 is 1.17 bits per heavy atom. The fourth-order valence-electron chi connectivity index (χ4n) is 8.58. The maximum absolute atomic E-state index is 12.0. The Bertz CT molecular complexity index is 781. The van der Waals surface area contributed by atoms with Gasteiger partial charge in [-0.05, 0) is 86.7 Å². The molecule has 4 aliphatic carbocycles. The van der Waals surface area contributed by atoms with Crippen LogP contribution in [0.25, 0.3) is 0 Å². The van der Waals surface area contributed by atoms with Gasteiger partial charge < -0.3 is 9.84 Å². The summed E-state index contributed by atoms with van der Waals surface area (Å²) in [6.45, 7) is 9.85. The normalized spacial score (nSPS) is 49.9. The van der Waals surface area contributed by atoms with Crippen LogP contribution in [-0.2, 0) is 9.53 Å². The number of aliphatic hydroxyl groups is 1. The van der Waals surface area contributed by atoms with E-state index in [1.54, 1.807) is 0 Å². The molecule has 0 amide bonds. The molecule has 1 spiro atoms. The third kappa shape index (κ3) is 2.87. The summed E-state index contributed by atoms with van der Waals surface area (Å²) in [7, 11) is 0. The zero-order valence-corrected chi connectivity index (χ0v) is 19.3. The molecule has 166 valence electrons. The largest absolute Gasteiger partial charge is 0.365 e. The first-order chi connectivity index (χ1) is 14.2. The van der Waals surface area contributed by atoms with Crippen molar-refractivity contribution in [2.24, 2.45) is 46.3 Å². The molecule has 1 saturated heterocycles. The number of ketones is 1. The van der Waals surface area contributed by atoms with E-state index >= 15 is 0 Å². The zero-order valence-electron chi connectivity index (χ0n) is 19.3. The van der Waals surface area contributed by atoms with Gasteiger partial charge in [-0.1, -0.05) is 39.3 Å². The van der Waals surface area contributed by atoms with E-state index in [2.05, 4.69) is 33.8 Å². The molecule has 0 aromatic rings. The van der Waals surface area contributed by atoms with Gasteiger partial charge in [0.2, 0.25) is 0 Å². The van der Waals surface area contributed by atoms with E-state index in [0.29, 0.717) is 23.7 Å². The van der Waals surface area contributed by atoms with Crippen molar-refractivity contribution in [2.45, 2.75) is 84.8 Å². The summed E-state index contributed by atoms with van der Waals surface area (Å²) in [5.74, 6) is 2.71. The molecule has 8 atom stereocenters. The van der Waals surface area contributed by atoms with E-state index in [4.69, 9.17) is 4.74 Å². The summed E-state index contributed by atoms with van der Waals surface area (Å²) in [5.41, 5.74) is 1.70. The molecule has 4 fully saturated rings. The zero-order chi connectivity index (χ0) is 21.3. The first-order valence-corrected chi connectivity index (χ1v) is 12.5. The second-order valence-corrected chi connectivity index (χ2v) is 11.9. The van der Waals surface area contributed by atoms with Gasteiger partial charge in [0, 0.05) is 23.2 Å². The first kappa shape index (κ1) is 20.9. The lowest BCUT2D eigenvalue weighted by molar-refractivity contribution is -0.312. The van der Waals surface area contributed by atoms with Crippen molar-refractivity contribution in [2.75, 3.05) is 6.61 Å². The van der Waals surface area contributed by atoms with Crippen LogP contribution in [0.1, 0.15) is 79.1 Å². The fourth-order valence-corrected chi connectivity index (χ4v) is 8.58. The van der Waals surface area contributed by atoms with Gasteiger partial charge in [0.15, 0.2) is 11.6 Å². The van der Waals surface area contributed by atoms with Gasteiger partial charge in [-0.15, -0.1) is 0 Å². The molecule has 0 aromatic carbocycles. The second kappa shape index (κ2) is 7.04. The Morgan fingerprint density at radius 3 is 2.70 bits per heavy atom. The van der Waals surface area contributed by atoms with Gasteiger partial charge in [0.05, 0.1) is 6.61 Å². The first-order valence-electron chi connectivity index (χ1n) is 12.5. The predicted molar refractivity (Wildman–Crippen MR) is 119 cm³/mol. The number of rotatable bonds is 3. The third-order valence-electron chi connectivity index (χ3n) is 10.3. The number of carbonyl (C=O) groups is 1. The topological polar surface area (TPSA) is 46.5 Å². The Balaban J connectivity index is 1.40. The summed E-state index contributed by atoms with van der Waals surface area (Å²) in [6, 6.07) is 0. The Morgan fingerprint density at radius 2 is 1.93 bits per heavy atom. The highest BCUT2D eigenvalue weighted by molar-refractivity contribution is 6.01. The van der Waals surface area contributed by atoms with E-state index in [-0.39, 0.29) is 22.5 Å². The lowest BCUT2D eigenvalue weighted by Gasteiger charge is -2.61. The van der Waals surface area contributed by atoms with Crippen LogP contribution >= 0.6 is 0 Å². The number of fused-ring (bicyclic) bond motifs is 4. The molecule has 3 heteroatoms. The third-order valence-corrected chi connectivity index (χ3v) is 10.3. The van der Waals surface area contributed by atoms with Crippen molar-refractivity contribution in [3.05, 3.63) is 23.8 Å². The highest BCUT2D eigenvalue weighted by Gasteiger charge is 2.65. The summed E-state index contributed by atoms with van der Waals surface area (Å²) in [6.07, 6.45) is 15.0. The van der Waals surface area contributed by atoms with Crippen LogP contribution < -0.4 is 0 Å². The highest BCUT2D eigenvalue weighted by atomic mass is 16.6. The molecule has 0 bridgehead atoms. The van der Waals surface area contributed by atoms with Gasteiger partial charge in [0.25, 0.3) is 0 Å². The van der Waals surface area contributed by atoms with Crippen LogP contribution in [-0.4, -0.2) is 23.3 Å². The van der Waals surface area contributed by atoms with E-state index < -0.39 is 5.79 Å². The molecule has 1 aliphatic heterocycles. The lowest BCUT2D eigenvalue weighted by Crippen LogP contribution is -2.59. The van der Waals surface area contributed by atoms with Gasteiger partial charge in [-0.25, -0.2) is 0 Å². The van der Waals surface area contributed by atoms with Crippen molar-refractivity contribution in [1.29, 1.82) is 0 Å². The van der Waals surface area contributed by atoms with Crippen molar-refractivity contribution in [3.8, 4) is 0 Å². The fraction of sp³-hybridized carbons (Fsp3) is 0.815. The Kier molecular flexibility index (Phi) is 4.91. The smallest absolute Gasteiger partial charge is 0.178 e. The summed E-state index contributed by atoms with van der Waals surface area (Å²) in [5, 5.41) is 11.4. The van der Waals surface area contributed by atoms with Crippen molar-refractivity contribution < 1.29 is 14.6 Å². The molecule has 0 unspecified atom stereocenters. The molecule has 5 aliphatic rings. The SMILES string of the molecule is CC(C)CC[C@@]1(O)OC[C@]23CC[C@H]4[C@@H](CCC5=CC(=O)C=C[C@@]54C)[C@@H]2CC[C@@H]3[C@@H]1C. The van der Waals surface area contributed by atoms with Crippen LogP contribution in [0.5, 0.6) is 0 Å². The van der Waals surface area contributed by atoms with Crippen LogP contribution in [0, 0.1) is 46.3 Å². The van der Waals surface area contributed by atoms with Crippen LogP contribution in [0.3, 0.4) is 0 Å². The average Bonchev–Trinajstić information content (AvgIpc) is 3.11. The second-order valence-electron chi connectivity index (χ2n) is 11.9. The average molecular weight is 413 g/mol. The van der Waals surface area contributed by atoms with Crippen LogP contribution in [0.4, 0.5) is 0 Å². The molecule has 0 radical (unpaired) electrons. The van der Waals surface area contributed by atoms with Gasteiger partial charge in [0.1, 0.15) is 0 Å². The molecule has 1 heterocycles. The molecule has 30 heavy (non-hydrogen) atoms. The maximum Gasteiger partial charge on any atom is 0.178 e. The molecular formula is C27H40O3. The molecular weight excluding hydrogens is 372 g/mol. The van der Waals surface area contributed by atoms with Crippen molar-refractivity contribution in [3.63, 3.8) is 0 Å². The minimum Gasteiger partial charge on any atom is -0.365 e. The molecule has 1 N–H and O–H groups in total. The van der Waals surface area contributed by atoms with E-state index in [1.807, 2.05) is 12.2 Å². The van der Waals surface area contributed by atoms with Gasteiger partial charge in [-0.2, -0.15) is 0 Å². The molecule has 5 rings (SSSR count). The van der Waals surface area contributed by atoms with Gasteiger partial charge in [-0.3, -0.25) is 4.79 Å². The highest BCUT2D eigenvalue weighted by Crippen LogP contribution is 2.69. The van der Waals surface area contributed by atoms with E-state index in [0.717, 1.165) is 31.8 Å². The Labute approximate surface area is 182 Å². The van der Waals surface area contributed by atoms with Crippen LogP contribution in [0.15, 0.2) is 23.8 Å². The maximum atomic E-state index is 12.0. The summed E-state index contributed by atoms with van der Waals surface area (Å²) < 4.78 is 6.41. The molecule has 3 saturated carbocycles. The number of hydrogen-bond acceptors (Lipinski definition) is 3.